The average Bonchev–Trinajstić information content (AvgIpc) is 2.79. The van der Waals surface area contributed by atoms with E-state index in [9.17, 15) is 8.42 Å². The molecule has 0 N–H and O–H groups in total. The van der Waals surface area contributed by atoms with Crippen LogP contribution in [0.4, 0.5) is 5.69 Å². The maximum atomic E-state index is 11.9. The summed E-state index contributed by atoms with van der Waals surface area (Å²) in [5.41, 5.74) is 0.990. The molecule has 1 aromatic heterocycles. The summed E-state index contributed by atoms with van der Waals surface area (Å²) in [5, 5.41) is 0.653. The van der Waals surface area contributed by atoms with Crippen LogP contribution in [0.2, 0.25) is 5.02 Å². The lowest BCUT2D eigenvalue weighted by molar-refractivity contribution is 0.291. The Balaban J connectivity index is 1.67. The van der Waals surface area contributed by atoms with Crippen LogP contribution in [0, 0.1) is 0 Å². The standard InChI is InChI=1S/C13H18ClN3O2S/c14-12-10-15-5-2-13(12)16-7-3-11(4-8-16)17-6-1-9-20(17,18)19/h2,5,10-11H,1,3-4,6-9H2. The van der Waals surface area contributed by atoms with Crippen LogP contribution in [0.3, 0.4) is 0 Å². The molecule has 2 aliphatic heterocycles. The smallest absolute Gasteiger partial charge is 0.214 e. The summed E-state index contributed by atoms with van der Waals surface area (Å²) in [6, 6.07) is 2.06. The van der Waals surface area contributed by atoms with E-state index in [2.05, 4.69) is 9.88 Å². The van der Waals surface area contributed by atoms with Crippen molar-refractivity contribution >= 4 is 27.3 Å². The summed E-state index contributed by atoms with van der Waals surface area (Å²) in [4.78, 5) is 6.20. The van der Waals surface area contributed by atoms with Crippen LogP contribution in [0.1, 0.15) is 19.3 Å². The third kappa shape index (κ3) is 2.64. The second kappa shape index (κ2) is 5.50. The van der Waals surface area contributed by atoms with Gasteiger partial charge in [-0.3, -0.25) is 4.98 Å². The molecule has 0 atom stereocenters. The van der Waals surface area contributed by atoms with E-state index in [0.717, 1.165) is 38.0 Å². The van der Waals surface area contributed by atoms with Crippen LogP contribution >= 0.6 is 11.6 Å². The molecule has 7 heteroatoms. The van der Waals surface area contributed by atoms with Crippen molar-refractivity contribution < 1.29 is 8.42 Å². The Labute approximate surface area is 124 Å². The number of rotatable bonds is 2. The highest BCUT2D eigenvalue weighted by Gasteiger charge is 2.36. The monoisotopic (exact) mass is 315 g/mol. The molecule has 0 spiro atoms. The van der Waals surface area contributed by atoms with Crippen LogP contribution in [0.25, 0.3) is 0 Å². The molecule has 3 rings (SSSR count). The van der Waals surface area contributed by atoms with Gasteiger partial charge in [-0.15, -0.1) is 0 Å². The number of aromatic nitrogens is 1. The summed E-state index contributed by atoms with van der Waals surface area (Å²) >= 11 is 6.16. The van der Waals surface area contributed by atoms with Gasteiger partial charge in [-0.25, -0.2) is 8.42 Å². The molecule has 2 fully saturated rings. The Morgan fingerprint density at radius 3 is 2.60 bits per heavy atom. The first-order valence-electron chi connectivity index (χ1n) is 6.92. The quantitative estimate of drug-likeness (QED) is 0.834. The molecule has 20 heavy (non-hydrogen) atoms. The third-order valence-electron chi connectivity index (χ3n) is 4.10. The molecule has 1 aromatic rings. The number of nitrogens with zero attached hydrogens (tertiary/aromatic N) is 3. The van der Waals surface area contributed by atoms with Crippen LogP contribution in [0.5, 0.6) is 0 Å². The van der Waals surface area contributed by atoms with Gasteiger partial charge in [0.25, 0.3) is 0 Å². The summed E-state index contributed by atoms with van der Waals surface area (Å²) in [6.07, 6.45) is 5.86. The number of anilines is 1. The van der Waals surface area contributed by atoms with Crippen LogP contribution in [-0.4, -0.2) is 49.1 Å². The predicted molar refractivity (Wildman–Crippen MR) is 79.6 cm³/mol. The highest BCUT2D eigenvalue weighted by Crippen LogP contribution is 2.30. The van der Waals surface area contributed by atoms with Crippen molar-refractivity contribution in [1.82, 2.24) is 9.29 Å². The number of hydrogen-bond acceptors (Lipinski definition) is 4. The first-order valence-corrected chi connectivity index (χ1v) is 8.90. The molecular formula is C13H18ClN3O2S. The molecule has 0 aromatic carbocycles. The lowest BCUT2D eigenvalue weighted by Crippen LogP contribution is -2.45. The molecule has 0 radical (unpaired) electrons. The van der Waals surface area contributed by atoms with E-state index in [0.29, 0.717) is 17.3 Å². The van der Waals surface area contributed by atoms with E-state index >= 15 is 0 Å². The molecule has 0 bridgehead atoms. The minimum atomic E-state index is -3.00. The number of pyridine rings is 1. The van der Waals surface area contributed by atoms with E-state index in [1.165, 1.54) is 0 Å². The summed E-state index contributed by atoms with van der Waals surface area (Å²) in [7, 11) is -3.00. The van der Waals surface area contributed by atoms with Gasteiger partial charge in [0.15, 0.2) is 0 Å². The number of piperidine rings is 1. The van der Waals surface area contributed by atoms with Gasteiger partial charge in [0, 0.05) is 38.1 Å². The molecule has 0 saturated carbocycles. The topological polar surface area (TPSA) is 53.5 Å². The Kier molecular flexibility index (Phi) is 3.88. The van der Waals surface area contributed by atoms with E-state index < -0.39 is 10.0 Å². The highest BCUT2D eigenvalue weighted by atomic mass is 35.5. The third-order valence-corrected chi connectivity index (χ3v) is 6.39. The Morgan fingerprint density at radius 1 is 1.25 bits per heavy atom. The fourth-order valence-corrected chi connectivity index (χ4v) is 5.13. The fraction of sp³-hybridized carbons (Fsp3) is 0.615. The summed E-state index contributed by atoms with van der Waals surface area (Å²) in [6.45, 7) is 2.35. The Bertz CT molecular complexity index is 585. The minimum absolute atomic E-state index is 0.152. The Hall–Kier alpha value is -0.850. The average molecular weight is 316 g/mol. The van der Waals surface area contributed by atoms with Gasteiger partial charge in [-0.1, -0.05) is 11.6 Å². The maximum Gasteiger partial charge on any atom is 0.214 e. The van der Waals surface area contributed by atoms with Gasteiger partial charge >= 0.3 is 0 Å². The lowest BCUT2D eigenvalue weighted by Gasteiger charge is -2.37. The molecule has 0 amide bonds. The van der Waals surface area contributed by atoms with Crippen LogP contribution in [-0.2, 0) is 10.0 Å². The second-order valence-corrected chi connectivity index (χ2v) is 7.77. The van der Waals surface area contributed by atoms with Crippen molar-refractivity contribution in [1.29, 1.82) is 0 Å². The van der Waals surface area contributed by atoms with Gasteiger partial charge < -0.3 is 4.90 Å². The fourth-order valence-electron chi connectivity index (χ4n) is 3.09. The van der Waals surface area contributed by atoms with Crippen molar-refractivity contribution in [2.24, 2.45) is 0 Å². The maximum absolute atomic E-state index is 11.9. The van der Waals surface area contributed by atoms with Gasteiger partial charge in [-0.05, 0) is 25.3 Å². The molecule has 110 valence electrons. The van der Waals surface area contributed by atoms with Crippen molar-refractivity contribution in [3.8, 4) is 0 Å². The van der Waals surface area contributed by atoms with Crippen LogP contribution < -0.4 is 4.90 Å². The highest BCUT2D eigenvalue weighted by molar-refractivity contribution is 7.89. The summed E-state index contributed by atoms with van der Waals surface area (Å²) in [5.74, 6) is 0.309. The van der Waals surface area contributed by atoms with Crippen molar-refractivity contribution in [3.05, 3.63) is 23.5 Å². The van der Waals surface area contributed by atoms with E-state index in [1.54, 1.807) is 16.7 Å². The Morgan fingerprint density at radius 2 is 2.00 bits per heavy atom. The van der Waals surface area contributed by atoms with E-state index in [1.807, 2.05) is 6.07 Å². The van der Waals surface area contributed by atoms with Crippen molar-refractivity contribution in [2.45, 2.75) is 25.3 Å². The minimum Gasteiger partial charge on any atom is -0.370 e. The lowest BCUT2D eigenvalue weighted by atomic mass is 10.0. The van der Waals surface area contributed by atoms with Gasteiger partial charge in [0.1, 0.15) is 0 Å². The van der Waals surface area contributed by atoms with E-state index in [4.69, 9.17) is 11.6 Å². The van der Waals surface area contributed by atoms with E-state index in [-0.39, 0.29) is 6.04 Å². The zero-order valence-corrected chi connectivity index (χ0v) is 12.8. The molecule has 2 saturated heterocycles. The molecular weight excluding hydrogens is 298 g/mol. The first-order chi connectivity index (χ1) is 9.58. The SMILES string of the molecule is O=S1(=O)CCCN1C1CCN(c2ccncc2Cl)CC1. The van der Waals surface area contributed by atoms with Gasteiger partial charge in [0.05, 0.1) is 16.5 Å². The van der Waals surface area contributed by atoms with Gasteiger partial charge in [0.2, 0.25) is 10.0 Å². The van der Waals surface area contributed by atoms with Gasteiger partial charge in [-0.2, -0.15) is 4.31 Å². The first kappa shape index (κ1) is 14.1. The number of hydrogen-bond donors (Lipinski definition) is 0. The van der Waals surface area contributed by atoms with Crippen LogP contribution in [0.15, 0.2) is 18.5 Å². The molecule has 2 aliphatic rings. The molecule has 5 nitrogen and oxygen atoms in total. The zero-order valence-electron chi connectivity index (χ0n) is 11.2. The zero-order chi connectivity index (χ0) is 14.2. The van der Waals surface area contributed by atoms with Crippen molar-refractivity contribution in [2.75, 3.05) is 30.3 Å². The van der Waals surface area contributed by atoms with Crippen molar-refractivity contribution in [3.63, 3.8) is 0 Å². The normalized spacial score (nSPS) is 24.1. The predicted octanol–water partition coefficient (Wildman–Crippen LogP) is 1.74. The molecule has 0 unspecified atom stereocenters. The number of halogens is 1. The molecule has 3 heterocycles. The summed E-state index contributed by atoms with van der Waals surface area (Å²) < 4.78 is 25.6. The molecule has 0 aliphatic carbocycles. The largest absolute Gasteiger partial charge is 0.370 e. The number of sulfonamides is 1. The second-order valence-electron chi connectivity index (χ2n) is 5.33.